The van der Waals surface area contributed by atoms with Crippen LogP contribution in [0.25, 0.3) is 16.6 Å². The zero-order chi connectivity index (χ0) is 21.1. The van der Waals surface area contributed by atoms with Crippen molar-refractivity contribution in [3.8, 4) is 11.4 Å². The lowest BCUT2D eigenvalue weighted by Crippen LogP contribution is -2.21. The van der Waals surface area contributed by atoms with Crippen LogP contribution in [0.5, 0.6) is 5.75 Å². The zero-order valence-electron chi connectivity index (χ0n) is 16.1. The standard InChI is InChI=1S/C23H18N2O4S/c1-29-18-12-10-17(11-13-18)25-21(26)19-4-2-3-5-20(19)24-23(25)30-14-15-6-8-16(9-7-15)22(27)28/h2-13H,14H2,1H3,(H,27,28). The van der Waals surface area contributed by atoms with E-state index in [1.54, 1.807) is 54.1 Å². The summed E-state index contributed by atoms with van der Waals surface area (Å²) < 4.78 is 6.81. The van der Waals surface area contributed by atoms with Crippen molar-refractivity contribution in [2.75, 3.05) is 7.11 Å². The second kappa shape index (κ2) is 8.42. The molecule has 0 bridgehead atoms. The summed E-state index contributed by atoms with van der Waals surface area (Å²) in [5, 5.41) is 10.2. The molecular weight excluding hydrogens is 400 g/mol. The Bertz CT molecular complexity index is 1270. The van der Waals surface area contributed by atoms with Gasteiger partial charge in [-0.25, -0.2) is 9.78 Å². The average Bonchev–Trinajstić information content (AvgIpc) is 2.78. The van der Waals surface area contributed by atoms with Crippen LogP contribution in [-0.2, 0) is 5.75 Å². The largest absolute Gasteiger partial charge is 0.497 e. The highest BCUT2D eigenvalue weighted by atomic mass is 32.2. The van der Waals surface area contributed by atoms with Gasteiger partial charge in [0.2, 0.25) is 0 Å². The summed E-state index contributed by atoms with van der Waals surface area (Å²) in [5.74, 6) is 0.285. The Morgan fingerprint density at radius 2 is 1.73 bits per heavy atom. The zero-order valence-corrected chi connectivity index (χ0v) is 16.9. The van der Waals surface area contributed by atoms with Crippen LogP contribution in [0.3, 0.4) is 0 Å². The van der Waals surface area contributed by atoms with Gasteiger partial charge in [0.15, 0.2) is 5.16 Å². The lowest BCUT2D eigenvalue weighted by Gasteiger charge is -2.14. The van der Waals surface area contributed by atoms with Crippen molar-refractivity contribution in [2.24, 2.45) is 0 Å². The maximum atomic E-state index is 13.2. The molecule has 4 aromatic rings. The number of thioether (sulfide) groups is 1. The van der Waals surface area contributed by atoms with Gasteiger partial charge < -0.3 is 9.84 Å². The van der Waals surface area contributed by atoms with Crippen molar-refractivity contribution >= 4 is 28.6 Å². The van der Waals surface area contributed by atoms with E-state index in [2.05, 4.69) is 0 Å². The highest BCUT2D eigenvalue weighted by Gasteiger charge is 2.14. The third-order valence-electron chi connectivity index (χ3n) is 4.64. The number of hydrogen-bond donors (Lipinski definition) is 1. The summed E-state index contributed by atoms with van der Waals surface area (Å²) in [6, 6.07) is 21.2. The second-order valence-electron chi connectivity index (χ2n) is 6.54. The quantitative estimate of drug-likeness (QED) is 0.370. The highest BCUT2D eigenvalue weighted by Crippen LogP contribution is 2.25. The van der Waals surface area contributed by atoms with E-state index in [9.17, 15) is 9.59 Å². The summed E-state index contributed by atoms with van der Waals surface area (Å²) in [7, 11) is 1.59. The molecule has 0 atom stereocenters. The van der Waals surface area contributed by atoms with Crippen LogP contribution in [-0.4, -0.2) is 27.7 Å². The Hall–Kier alpha value is -3.58. The van der Waals surface area contributed by atoms with Crippen molar-refractivity contribution in [2.45, 2.75) is 10.9 Å². The molecule has 1 N–H and O–H groups in total. The van der Waals surface area contributed by atoms with Gasteiger partial charge >= 0.3 is 5.97 Å². The number of nitrogens with zero attached hydrogens (tertiary/aromatic N) is 2. The number of carboxylic acid groups (broad SMARTS) is 1. The lowest BCUT2D eigenvalue weighted by molar-refractivity contribution is 0.0697. The van der Waals surface area contributed by atoms with Crippen LogP contribution in [0.2, 0.25) is 0 Å². The van der Waals surface area contributed by atoms with Crippen LogP contribution in [0, 0.1) is 0 Å². The first-order valence-electron chi connectivity index (χ1n) is 9.18. The van der Waals surface area contributed by atoms with Gasteiger partial charge in [-0.15, -0.1) is 0 Å². The van der Waals surface area contributed by atoms with E-state index in [1.807, 2.05) is 30.3 Å². The van der Waals surface area contributed by atoms with Crippen LogP contribution in [0.4, 0.5) is 0 Å². The fraction of sp³-hybridized carbons (Fsp3) is 0.0870. The summed E-state index contributed by atoms with van der Waals surface area (Å²) in [5.41, 5.74) is 2.37. The van der Waals surface area contributed by atoms with E-state index in [1.165, 1.54) is 11.8 Å². The molecule has 0 amide bonds. The average molecular weight is 418 g/mol. The number of aromatic nitrogens is 2. The third kappa shape index (κ3) is 3.92. The van der Waals surface area contributed by atoms with Crippen molar-refractivity contribution < 1.29 is 14.6 Å². The molecule has 0 aliphatic carbocycles. The molecule has 4 rings (SSSR count). The van der Waals surface area contributed by atoms with E-state index >= 15 is 0 Å². The molecule has 0 aliphatic heterocycles. The SMILES string of the molecule is COc1ccc(-n2c(SCc3ccc(C(=O)O)cc3)nc3ccccc3c2=O)cc1. The maximum absolute atomic E-state index is 13.2. The van der Waals surface area contributed by atoms with Gasteiger partial charge in [0, 0.05) is 5.75 Å². The number of hydrogen-bond acceptors (Lipinski definition) is 5. The molecule has 0 saturated carbocycles. The molecule has 0 fully saturated rings. The van der Waals surface area contributed by atoms with Gasteiger partial charge in [0.1, 0.15) is 5.75 Å². The van der Waals surface area contributed by atoms with Crippen LogP contribution in [0.1, 0.15) is 15.9 Å². The van der Waals surface area contributed by atoms with E-state index in [4.69, 9.17) is 14.8 Å². The van der Waals surface area contributed by atoms with E-state index < -0.39 is 5.97 Å². The van der Waals surface area contributed by atoms with E-state index in [0.29, 0.717) is 33.2 Å². The summed E-state index contributed by atoms with van der Waals surface area (Å²) >= 11 is 1.42. The number of ether oxygens (including phenoxy) is 1. The Labute approximate surface area is 176 Å². The molecule has 7 heteroatoms. The Morgan fingerprint density at radius 3 is 2.40 bits per heavy atom. The van der Waals surface area contributed by atoms with Gasteiger partial charge in [-0.3, -0.25) is 9.36 Å². The Balaban J connectivity index is 1.75. The molecule has 30 heavy (non-hydrogen) atoms. The van der Waals surface area contributed by atoms with Crippen LogP contribution >= 0.6 is 11.8 Å². The van der Waals surface area contributed by atoms with Gasteiger partial charge in [-0.05, 0) is 54.1 Å². The molecule has 150 valence electrons. The molecule has 3 aromatic carbocycles. The minimum absolute atomic E-state index is 0.144. The number of rotatable bonds is 6. The molecule has 0 radical (unpaired) electrons. The van der Waals surface area contributed by atoms with E-state index in [-0.39, 0.29) is 11.1 Å². The minimum Gasteiger partial charge on any atom is -0.497 e. The fourth-order valence-electron chi connectivity index (χ4n) is 3.06. The molecule has 0 unspecified atom stereocenters. The van der Waals surface area contributed by atoms with Crippen molar-refractivity contribution in [1.82, 2.24) is 9.55 Å². The molecule has 1 heterocycles. The predicted molar refractivity (Wildman–Crippen MR) is 117 cm³/mol. The lowest BCUT2D eigenvalue weighted by atomic mass is 10.1. The molecule has 6 nitrogen and oxygen atoms in total. The number of fused-ring (bicyclic) bond motifs is 1. The maximum Gasteiger partial charge on any atom is 0.335 e. The smallest absolute Gasteiger partial charge is 0.335 e. The number of aromatic carboxylic acids is 1. The molecule has 0 spiro atoms. The van der Waals surface area contributed by atoms with Gasteiger partial charge in [-0.2, -0.15) is 0 Å². The van der Waals surface area contributed by atoms with Crippen molar-refractivity contribution in [3.05, 3.63) is 94.3 Å². The van der Waals surface area contributed by atoms with E-state index in [0.717, 1.165) is 5.56 Å². The topological polar surface area (TPSA) is 81.4 Å². The fourth-order valence-corrected chi connectivity index (χ4v) is 4.03. The monoisotopic (exact) mass is 418 g/mol. The van der Waals surface area contributed by atoms with Gasteiger partial charge in [-0.1, -0.05) is 36.0 Å². The highest BCUT2D eigenvalue weighted by molar-refractivity contribution is 7.98. The second-order valence-corrected chi connectivity index (χ2v) is 7.48. The van der Waals surface area contributed by atoms with Crippen molar-refractivity contribution in [3.63, 3.8) is 0 Å². The Kier molecular flexibility index (Phi) is 5.54. The first kappa shape index (κ1) is 19.7. The number of carbonyl (C=O) groups is 1. The van der Waals surface area contributed by atoms with Crippen LogP contribution < -0.4 is 10.3 Å². The number of methoxy groups -OCH3 is 1. The summed E-state index contributed by atoms with van der Waals surface area (Å²) in [6.07, 6.45) is 0. The third-order valence-corrected chi connectivity index (χ3v) is 5.65. The predicted octanol–water partition coefficient (Wildman–Crippen LogP) is 4.38. The number of para-hydroxylation sites is 1. The van der Waals surface area contributed by atoms with Crippen molar-refractivity contribution in [1.29, 1.82) is 0 Å². The molecule has 0 saturated heterocycles. The summed E-state index contributed by atoms with van der Waals surface area (Å²) in [4.78, 5) is 29.0. The minimum atomic E-state index is -0.959. The molecule has 0 aliphatic rings. The number of benzene rings is 3. The first-order chi connectivity index (χ1) is 14.6. The first-order valence-corrected chi connectivity index (χ1v) is 10.2. The summed E-state index contributed by atoms with van der Waals surface area (Å²) in [6.45, 7) is 0. The molecular formula is C23H18N2O4S. The molecule has 1 aromatic heterocycles. The van der Waals surface area contributed by atoms with Gasteiger partial charge in [0.25, 0.3) is 5.56 Å². The van der Waals surface area contributed by atoms with Crippen LogP contribution in [0.15, 0.2) is 82.7 Å². The number of carboxylic acids is 1. The normalized spacial score (nSPS) is 10.8. The van der Waals surface area contributed by atoms with Gasteiger partial charge in [0.05, 0.1) is 29.3 Å². The Morgan fingerprint density at radius 1 is 1.03 bits per heavy atom.